The maximum absolute atomic E-state index is 13.7. The molecule has 230 valence electrons. The molecule has 0 radical (unpaired) electrons. The minimum atomic E-state index is -0.381. The highest BCUT2D eigenvalue weighted by Gasteiger charge is 2.45. The molecule has 1 fully saturated rings. The summed E-state index contributed by atoms with van der Waals surface area (Å²) in [5.74, 6) is 0.0169. The molecular weight excluding hydrogens is 532 g/mol. The second-order valence-electron chi connectivity index (χ2n) is 13.2. The zero-order chi connectivity index (χ0) is 30.2. The fourth-order valence-electron chi connectivity index (χ4n) is 7.13. The van der Waals surface area contributed by atoms with Gasteiger partial charge in [0.15, 0.2) is 0 Å². The van der Waals surface area contributed by atoms with E-state index >= 15 is 0 Å². The zero-order valence-corrected chi connectivity index (χ0v) is 26.3. The highest BCUT2D eigenvalue weighted by Crippen LogP contribution is 2.36. The van der Waals surface area contributed by atoms with Gasteiger partial charge in [-0.2, -0.15) is 0 Å². The van der Waals surface area contributed by atoms with Gasteiger partial charge in [-0.05, 0) is 71.0 Å². The fourth-order valence-corrected chi connectivity index (χ4v) is 7.13. The van der Waals surface area contributed by atoms with Gasteiger partial charge in [-0.15, -0.1) is 0 Å². The number of nitrogens with zero attached hydrogens (tertiary/aromatic N) is 1. The first kappa shape index (κ1) is 31.2. The molecule has 3 atom stereocenters. The minimum absolute atomic E-state index is 0.00458. The van der Waals surface area contributed by atoms with E-state index in [0.717, 1.165) is 53.1 Å². The fraction of sp³-hybridized carbons (Fsp3) is 0.553. The van der Waals surface area contributed by atoms with Gasteiger partial charge in [0.05, 0.1) is 23.1 Å². The summed E-state index contributed by atoms with van der Waals surface area (Å²) in [5.41, 5.74) is 0.923. The van der Waals surface area contributed by atoms with Gasteiger partial charge in [0, 0.05) is 6.54 Å². The van der Waals surface area contributed by atoms with E-state index in [1.54, 1.807) is 0 Å². The number of benzene rings is 3. The second kappa shape index (κ2) is 15.0. The lowest BCUT2D eigenvalue weighted by Crippen LogP contribution is -2.50. The van der Waals surface area contributed by atoms with Crippen LogP contribution in [0.25, 0.3) is 21.5 Å². The Hall–Kier alpha value is -3.21. The first-order valence-electron chi connectivity index (χ1n) is 17.1. The quantitative estimate of drug-likeness (QED) is 0.110. The molecule has 1 aliphatic heterocycles. The van der Waals surface area contributed by atoms with Crippen LogP contribution in [0.1, 0.15) is 131 Å². The van der Waals surface area contributed by atoms with Gasteiger partial charge < -0.3 is 5.32 Å². The Labute approximate surface area is 257 Å². The molecule has 3 aromatic rings. The number of unbranched alkanes of at least 4 members (excludes halogenated alkanes) is 8. The molecule has 0 unspecified atom stereocenters. The highest BCUT2D eigenvalue weighted by molar-refractivity contribution is 6.23. The predicted octanol–water partition coefficient (Wildman–Crippen LogP) is 9.21. The van der Waals surface area contributed by atoms with Crippen molar-refractivity contribution in [2.24, 2.45) is 11.8 Å². The summed E-state index contributed by atoms with van der Waals surface area (Å²) in [6, 6.07) is 15.6. The number of hydrogen-bond donors (Lipinski definition) is 1. The van der Waals surface area contributed by atoms with Crippen molar-refractivity contribution in [3.05, 3.63) is 59.7 Å². The van der Waals surface area contributed by atoms with Crippen molar-refractivity contribution < 1.29 is 14.4 Å². The van der Waals surface area contributed by atoms with Crippen molar-refractivity contribution in [1.82, 2.24) is 10.2 Å². The Morgan fingerprint density at radius 1 is 0.767 bits per heavy atom. The number of carbonyl (C=O) groups is 3. The molecule has 0 bridgehead atoms. The number of carbonyl (C=O) groups excluding carboxylic acids is 3. The first-order chi connectivity index (χ1) is 21.0. The molecule has 1 N–H and O–H groups in total. The van der Waals surface area contributed by atoms with Crippen LogP contribution in [0.2, 0.25) is 0 Å². The Morgan fingerprint density at radius 3 is 1.88 bits per heavy atom. The summed E-state index contributed by atoms with van der Waals surface area (Å²) in [6.07, 6.45) is 17.3. The Balaban J connectivity index is 1.10. The number of amides is 3. The molecule has 0 aromatic heterocycles. The largest absolute Gasteiger partial charge is 0.356 e. The summed E-state index contributed by atoms with van der Waals surface area (Å²) >= 11 is 0. The van der Waals surface area contributed by atoms with Crippen molar-refractivity contribution in [2.45, 2.75) is 116 Å². The molecule has 5 nitrogen and oxygen atoms in total. The number of hydrogen-bond acceptors (Lipinski definition) is 3. The van der Waals surface area contributed by atoms with Crippen molar-refractivity contribution in [3.8, 4) is 0 Å². The van der Waals surface area contributed by atoms with Crippen LogP contribution in [0.15, 0.2) is 48.5 Å². The van der Waals surface area contributed by atoms with E-state index < -0.39 is 0 Å². The molecule has 43 heavy (non-hydrogen) atoms. The minimum Gasteiger partial charge on any atom is -0.356 e. The van der Waals surface area contributed by atoms with Gasteiger partial charge in [0.2, 0.25) is 5.91 Å². The van der Waals surface area contributed by atoms with Crippen LogP contribution in [0.3, 0.4) is 0 Å². The van der Waals surface area contributed by atoms with Crippen LogP contribution in [0.4, 0.5) is 0 Å². The molecule has 1 saturated carbocycles. The number of imide groups is 1. The molecule has 0 spiro atoms. The molecule has 1 heterocycles. The first-order valence-corrected chi connectivity index (χ1v) is 17.1. The predicted molar refractivity (Wildman–Crippen MR) is 176 cm³/mol. The third kappa shape index (κ3) is 7.48. The molecule has 2 aliphatic rings. The maximum Gasteiger partial charge on any atom is 0.261 e. The van der Waals surface area contributed by atoms with E-state index in [0.29, 0.717) is 30.5 Å². The Kier molecular flexibility index (Phi) is 10.9. The molecule has 5 rings (SSSR count). The summed E-state index contributed by atoms with van der Waals surface area (Å²) in [7, 11) is 0. The van der Waals surface area contributed by atoms with Gasteiger partial charge in [-0.25, -0.2) is 0 Å². The monoisotopic (exact) mass is 582 g/mol. The van der Waals surface area contributed by atoms with E-state index in [9.17, 15) is 14.4 Å². The number of rotatable bonds is 15. The second-order valence-corrected chi connectivity index (χ2v) is 13.2. The molecule has 1 aliphatic carbocycles. The SMILES string of the molecule is CC[C@H](C)CCCCCCCCCCCNC(=O)[C@@H]1CCCC[C@H]1N1C(=O)c2cc3cc4ccccc4cc3cc2C1=O. The number of nitrogens with one attached hydrogen (secondary N) is 1. The number of fused-ring (bicyclic) bond motifs is 3. The van der Waals surface area contributed by atoms with E-state index in [-0.39, 0.29) is 29.7 Å². The summed E-state index contributed by atoms with van der Waals surface area (Å²) < 4.78 is 0. The average Bonchev–Trinajstić information content (AvgIpc) is 3.26. The van der Waals surface area contributed by atoms with Crippen LogP contribution in [-0.2, 0) is 4.79 Å². The van der Waals surface area contributed by atoms with Gasteiger partial charge in [-0.1, -0.05) is 115 Å². The van der Waals surface area contributed by atoms with E-state index in [4.69, 9.17) is 0 Å². The topological polar surface area (TPSA) is 66.5 Å². The van der Waals surface area contributed by atoms with Crippen molar-refractivity contribution >= 4 is 39.3 Å². The smallest absolute Gasteiger partial charge is 0.261 e. The highest BCUT2D eigenvalue weighted by atomic mass is 16.2. The van der Waals surface area contributed by atoms with Crippen LogP contribution >= 0.6 is 0 Å². The molecular formula is C38H50N2O3. The summed E-state index contributed by atoms with van der Waals surface area (Å²) in [6.45, 7) is 5.30. The molecule has 3 aromatic carbocycles. The maximum atomic E-state index is 13.7. The van der Waals surface area contributed by atoms with E-state index in [2.05, 4.69) is 43.4 Å². The standard InChI is InChI=1S/C38H50N2O3/c1-3-27(2)17-11-9-7-5-4-6-8-10-16-22-39-36(41)32-20-14-15-21-35(32)40-37(42)33-25-30-23-28-18-12-13-19-29(28)24-31(30)26-34(33)38(40)43/h12-13,18-19,23-27,32,35H,3-11,14-17,20-22H2,1-2H3,(H,39,41)/t27-,32+,35+/m0/s1. The average molecular weight is 583 g/mol. The van der Waals surface area contributed by atoms with Gasteiger partial charge in [-0.3, -0.25) is 19.3 Å². The van der Waals surface area contributed by atoms with Crippen LogP contribution < -0.4 is 5.32 Å². The van der Waals surface area contributed by atoms with Gasteiger partial charge in [0.25, 0.3) is 11.8 Å². The van der Waals surface area contributed by atoms with Crippen LogP contribution in [-0.4, -0.2) is 35.2 Å². The van der Waals surface area contributed by atoms with Gasteiger partial charge in [0.1, 0.15) is 0 Å². The third-order valence-corrected chi connectivity index (χ3v) is 10.0. The summed E-state index contributed by atoms with van der Waals surface area (Å²) in [5, 5.41) is 7.27. The summed E-state index contributed by atoms with van der Waals surface area (Å²) in [4.78, 5) is 42.1. The lowest BCUT2D eigenvalue weighted by atomic mass is 9.82. The molecule has 0 saturated heterocycles. The van der Waals surface area contributed by atoms with Crippen LogP contribution in [0, 0.1) is 11.8 Å². The van der Waals surface area contributed by atoms with Gasteiger partial charge >= 0.3 is 0 Å². The molecule has 5 heteroatoms. The van der Waals surface area contributed by atoms with Crippen molar-refractivity contribution in [2.75, 3.05) is 6.54 Å². The van der Waals surface area contributed by atoms with Crippen molar-refractivity contribution in [3.63, 3.8) is 0 Å². The third-order valence-electron chi connectivity index (χ3n) is 10.0. The van der Waals surface area contributed by atoms with Crippen molar-refractivity contribution in [1.29, 1.82) is 0 Å². The van der Waals surface area contributed by atoms with E-state index in [1.807, 2.05) is 24.3 Å². The normalized spacial score (nSPS) is 19.3. The lowest BCUT2D eigenvalue weighted by molar-refractivity contribution is -0.127. The van der Waals surface area contributed by atoms with Crippen LogP contribution in [0.5, 0.6) is 0 Å². The molecule has 3 amide bonds. The zero-order valence-electron chi connectivity index (χ0n) is 26.3. The Morgan fingerprint density at radius 2 is 1.30 bits per heavy atom. The van der Waals surface area contributed by atoms with E-state index in [1.165, 1.54) is 62.7 Å². The Bertz CT molecular complexity index is 1360. The lowest BCUT2D eigenvalue weighted by Gasteiger charge is -2.35.